The van der Waals surface area contributed by atoms with Gasteiger partial charge in [-0.15, -0.1) is 0 Å². The minimum atomic E-state index is -1.04. The Kier molecular flexibility index (Phi) is 3.85. The lowest BCUT2D eigenvalue weighted by Gasteiger charge is -2.17. The summed E-state index contributed by atoms with van der Waals surface area (Å²) in [4.78, 5) is 27.6. The normalized spacial score (nSPS) is 15.8. The summed E-state index contributed by atoms with van der Waals surface area (Å²) in [5, 5.41) is 14.4. The van der Waals surface area contributed by atoms with Gasteiger partial charge in [-0.25, -0.2) is 0 Å². The number of rotatable bonds is 2. The number of nitro benzene ring substituents is 1. The zero-order valence-corrected chi connectivity index (χ0v) is 13.8. The first-order valence-corrected chi connectivity index (χ1v) is 7.62. The highest BCUT2D eigenvalue weighted by Gasteiger charge is 2.33. The molecule has 0 spiro atoms. The van der Waals surface area contributed by atoms with Crippen LogP contribution in [0.5, 0.6) is 0 Å². The van der Waals surface area contributed by atoms with Crippen molar-refractivity contribution in [2.24, 2.45) is 4.99 Å². The second-order valence-electron chi connectivity index (χ2n) is 5.94. The van der Waals surface area contributed by atoms with Gasteiger partial charge >= 0.3 is 0 Å². The highest BCUT2D eigenvalue weighted by Crippen LogP contribution is 2.32. The SMILES string of the molecule is CC1(C)N=C(c2ccccc2Cl)c2cc([N+](=O)[O-])ccc2NC1=O. The van der Waals surface area contributed by atoms with E-state index in [2.05, 4.69) is 10.3 Å². The van der Waals surface area contributed by atoms with Gasteiger partial charge in [0.2, 0.25) is 0 Å². The molecule has 7 heteroatoms. The van der Waals surface area contributed by atoms with E-state index in [1.807, 2.05) is 0 Å². The van der Waals surface area contributed by atoms with E-state index >= 15 is 0 Å². The number of halogens is 1. The van der Waals surface area contributed by atoms with Gasteiger partial charge in [0.15, 0.2) is 0 Å². The second-order valence-corrected chi connectivity index (χ2v) is 6.35. The van der Waals surface area contributed by atoms with E-state index in [0.29, 0.717) is 27.5 Å². The third kappa shape index (κ3) is 2.76. The predicted molar refractivity (Wildman–Crippen MR) is 92.9 cm³/mol. The Hall–Kier alpha value is -2.73. The summed E-state index contributed by atoms with van der Waals surface area (Å²) >= 11 is 6.29. The maximum absolute atomic E-state index is 12.4. The standard InChI is InChI=1S/C17H14ClN3O3/c1-17(2)16(22)19-14-8-7-10(21(23)24)9-12(14)15(20-17)11-5-3-4-6-13(11)18/h3-9H,1-2H3,(H,19,22). The number of nitrogens with one attached hydrogen (secondary N) is 1. The van der Waals surface area contributed by atoms with Gasteiger partial charge in [-0.2, -0.15) is 0 Å². The summed E-state index contributed by atoms with van der Waals surface area (Å²) in [6.07, 6.45) is 0. The molecule has 0 aliphatic carbocycles. The van der Waals surface area contributed by atoms with Gasteiger partial charge in [0.25, 0.3) is 11.6 Å². The van der Waals surface area contributed by atoms with Gasteiger partial charge in [0, 0.05) is 28.3 Å². The zero-order chi connectivity index (χ0) is 17.5. The summed E-state index contributed by atoms with van der Waals surface area (Å²) in [6, 6.07) is 11.3. The molecule has 24 heavy (non-hydrogen) atoms. The van der Waals surface area contributed by atoms with Crippen LogP contribution in [0.25, 0.3) is 0 Å². The molecular formula is C17H14ClN3O3. The Morgan fingerprint density at radius 1 is 1.17 bits per heavy atom. The summed E-state index contributed by atoms with van der Waals surface area (Å²) in [6.45, 7) is 3.36. The van der Waals surface area contributed by atoms with Crippen LogP contribution < -0.4 is 5.32 Å². The number of non-ortho nitro benzene ring substituents is 1. The molecule has 1 heterocycles. The zero-order valence-electron chi connectivity index (χ0n) is 13.0. The number of carbonyl (C=O) groups is 1. The fraction of sp³-hybridized carbons (Fsp3) is 0.176. The van der Waals surface area contributed by atoms with Crippen LogP contribution >= 0.6 is 11.6 Å². The van der Waals surface area contributed by atoms with E-state index in [-0.39, 0.29) is 11.6 Å². The Morgan fingerprint density at radius 2 is 1.88 bits per heavy atom. The van der Waals surface area contributed by atoms with Gasteiger partial charge in [-0.3, -0.25) is 19.9 Å². The van der Waals surface area contributed by atoms with Crippen LogP contribution in [0.4, 0.5) is 11.4 Å². The molecule has 1 aliphatic heterocycles. The number of carbonyl (C=O) groups excluding carboxylic acids is 1. The third-order valence-electron chi connectivity index (χ3n) is 3.79. The third-order valence-corrected chi connectivity index (χ3v) is 4.12. The first-order valence-electron chi connectivity index (χ1n) is 7.24. The van der Waals surface area contributed by atoms with Crippen LogP contribution in [0.1, 0.15) is 25.0 Å². The van der Waals surface area contributed by atoms with Gasteiger partial charge in [0.1, 0.15) is 5.54 Å². The molecule has 6 nitrogen and oxygen atoms in total. The Labute approximate surface area is 143 Å². The van der Waals surface area contributed by atoms with Crippen molar-refractivity contribution in [3.05, 3.63) is 68.7 Å². The molecule has 1 aliphatic rings. The Bertz CT molecular complexity index is 890. The quantitative estimate of drug-likeness (QED) is 0.664. The van der Waals surface area contributed by atoms with Crippen molar-refractivity contribution in [3.63, 3.8) is 0 Å². The molecule has 0 saturated carbocycles. The molecule has 1 N–H and O–H groups in total. The number of benzodiazepines with no additional fused rings is 1. The van der Waals surface area contributed by atoms with Crippen LogP contribution in [0.2, 0.25) is 5.02 Å². The van der Waals surface area contributed by atoms with Gasteiger partial charge in [-0.1, -0.05) is 29.8 Å². The number of hydrogen-bond donors (Lipinski definition) is 1. The summed E-state index contributed by atoms with van der Waals surface area (Å²) in [5.41, 5.74) is 0.879. The van der Waals surface area contributed by atoms with Crippen molar-refractivity contribution >= 4 is 34.6 Å². The lowest BCUT2D eigenvalue weighted by molar-refractivity contribution is -0.384. The van der Waals surface area contributed by atoms with E-state index in [9.17, 15) is 14.9 Å². The molecule has 0 aromatic heterocycles. The average Bonchev–Trinajstić information content (AvgIpc) is 2.62. The van der Waals surface area contributed by atoms with Crippen LogP contribution in [0.15, 0.2) is 47.5 Å². The lowest BCUT2D eigenvalue weighted by Crippen LogP contribution is -2.34. The fourth-order valence-electron chi connectivity index (χ4n) is 2.48. The number of hydrogen-bond acceptors (Lipinski definition) is 4. The van der Waals surface area contributed by atoms with E-state index in [1.165, 1.54) is 18.2 Å². The van der Waals surface area contributed by atoms with Gasteiger partial charge in [0.05, 0.1) is 16.3 Å². The van der Waals surface area contributed by atoms with E-state index in [1.54, 1.807) is 38.1 Å². The second kappa shape index (κ2) is 5.72. The number of benzene rings is 2. The number of anilines is 1. The van der Waals surface area contributed by atoms with Crippen molar-refractivity contribution in [3.8, 4) is 0 Å². The highest BCUT2D eigenvalue weighted by molar-refractivity contribution is 6.36. The molecule has 1 amide bonds. The van der Waals surface area contributed by atoms with Crippen molar-refractivity contribution in [1.29, 1.82) is 0 Å². The number of fused-ring (bicyclic) bond motifs is 1. The lowest BCUT2D eigenvalue weighted by atomic mass is 9.99. The Morgan fingerprint density at radius 3 is 2.54 bits per heavy atom. The van der Waals surface area contributed by atoms with Crippen molar-refractivity contribution in [2.45, 2.75) is 19.4 Å². The molecule has 122 valence electrons. The molecule has 0 bridgehead atoms. The van der Waals surface area contributed by atoms with Crippen molar-refractivity contribution in [1.82, 2.24) is 0 Å². The van der Waals surface area contributed by atoms with Gasteiger partial charge in [-0.05, 0) is 26.0 Å². The topological polar surface area (TPSA) is 84.6 Å². The fourth-order valence-corrected chi connectivity index (χ4v) is 2.70. The van der Waals surface area contributed by atoms with Crippen molar-refractivity contribution < 1.29 is 9.72 Å². The first-order chi connectivity index (χ1) is 11.3. The molecule has 2 aromatic rings. The van der Waals surface area contributed by atoms with Crippen LogP contribution in [0, 0.1) is 10.1 Å². The summed E-state index contributed by atoms with van der Waals surface area (Å²) < 4.78 is 0. The maximum atomic E-state index is 12.4. The molecule has 0 atom stereocenters. The minimum Gasteiger partial charge on any atom is -0.323 e. The monoisotopic (exact) mass is 343 g/mol. The molecular weight excluding hydrogens is 330 g/mol. The highest BCUT2D eigenvalue weighted by atomic mass is 35.5. The van der Waals surface area contributed by atoms with Crippen molar-refractivity contribution in [2.75, 3.05) is 5.32 Å². The predicted octanol–water partition coefficient (Wildman–Crippen LogP) is 3.82. The number of aliphatic imine (C=N–C) groups is 1. The smallest absolute Gasteiger partial charge is 0.270 e. The van der Waals surface area contributed by atoms with Crippen LogP contribution in [-0.4, -0.2) is 22.1 Å². The summed E-state index contributed by atoms with van der Waals surface area (Å²) in [5.74, 6) is -0.292. The average molecular weight is 344 g/mol. The van der Waals surface area contributed by atoms with Gasteiger partial charge < -0.3 is 5.32 Å². The largest absolute Gasteiger partial charge is 0.323 e. The van der Waals surface area contributed by atoms with Crippen LogP contribution in [-0.2, 0) is 4.79 Å². The van der Waals surface area contributed by atoms with E-state index < -0.39 is 10.5 Å². The first kappa shape index (κ1) is 16.1. The Balaban J connectivity index is 2.32. The summed E-state index contributed by atoms with van der Waals surface area (Å²) in [7, 11) is 0. The molecule has 0 saturated heterocycles. The number of nitro groups is 1. The molecule has 3 rings (SSSR count). The molecule has 0 unspecified atom stereocenters. The molecule has 0 radical (unpaired) electrons. The van der Waals surface area contributed by atoms with Crippen LogP contribution in [0.3, 0.4) is 0 Å². The maximum Gasteiger partial charge on any atom is 0.270 e. The van der Waals surface area contributed by atoms with E-state index in [4.69, 9.17) is 11.6 Å². The molecule has 2 aromatic carbocycles. The minimum absolute atomic E-state index is 0.0811. The number of nitrogens with zero attached hydrogens (tertiary/aromatic N) is 2. The number of amides is 1. The van der Waals surface area contributed by atoms with E-state index in [0.717, 1.165) is 0 Å². The molecule has 0 fully saturated rings.